The zero-order valence-electron chi connectivity index (χ0n) is 21.2. The van der Waals surface area contributed by atoms with Gasteiger partial charge in [0.05, 0.1) is 41.0 Å². The van der Waals surface area contributed by atoms with E-state index < -0.39 is 0 Å². The lowest BCUT2D eigenvalue weighted by atomic mass is 10.0. The highest BCUT2D eigenvalue weighted by Gasteiger charge is 2.19. The minimum Gasteiger partial charge on any atom is -0.368 e. The predicted octanol–water partition coefficient (Wildman–Crippen LogP) is 5.81. The Morgan fingerprint density at radius 2 is 1.69 bits per heavy atom. The van der Waals surface area contributed by atoms with Crippen molar-refractivity contribution in [2.24, 2.45) is 0 Å². The standard InChI is InChI=1S/C30H26N8O/c39-30(19-7-3-1-4-8-19)33-22-13-21(15-31-16-22)20-9-10-24-23(14-20)27(37-36-24)29-34-25-17-32-18-26(28(25)35-29)38-11-5-2-6-12-38/h1,3-4,7-10,13-18H,2,5-6,11-12H2,(H,33,39)(H,34,35)(H,36,37). The minimum absolute atomic E-state index is 0.176. The molecular formula is C30H26N8O. The number of rotatable bonds is 5. The molecule has 7 rings (SSSR count). The molecule has 9 nitrogen and oxygen atoms in total. The number of aromatic amines is 2. The van der Waals surface area contributed by atoms with E-state index in [4.69, 9.17) is 4.98 Å². The molecule has 0 aliphatic carbocycles. The summed E-state index contributed by atoms with van der Waals surface area (Å²) in [5.74, 6) is 0.520. The fraction of sp³-hybridized carbons (Fsp3) is 0.167. The third-order valence-electron chi connectivity index (χ3n) is 7.22. The Morgan fingerprint density at radius 3 is 2.56 bits per heavy atom. The van der Waals surface area contributed by atoms with Gasteiger partial charge in [-0.1, -0.05) is 24.3 Å². The van der Waals surface area contributed by atoms with Crippen LogP contribution in [-0.4, -0.2) is 49.1 Å². The number of carbonyl (C=O) groups excluding carboxylic acids is 1. The second-order valence-corrected chi connectivity index (χ2v) is 9.80. The summed E-state index contributed by atoms with van der Waals surface area (Å²) in [5.41, 5.74) is 7.60. The second kappa shape index (κ2) is 9.68. The number of H-pyrrole nitrogens is 2. The lowest BCUT2D eigenvalue weighted by molar-refractivity contribution is 0.102. The number of carbonyl (C=O) groups is 1. The molecule has 1 amide bonds. The number of hydrogen-bond acceptors (Lipinski definition) is 6. The number of anilines is 2. The molecule has 1 aliphatic rings. The number of amides is 1. The maximum atomic E-state index is 12.6. The molecule has 0 spiro atoms. The molecule has 0 atom stereocenters. The van der Waals surface area contributed by atoms with Crippen LogP contribution in [0.4, 0.5) is 11.4 Å². The molecule has 9 heteroatoms. The first-order valence-corrected chi connectivity index (χ1v) is 13.1. The van der Waals surface area contributed by atoms with Gasteiger partial charge in [-0.3, -0.25) is 19.9 Å². The van der Waals surface area contributed by atoms with Gasteiger partial charge in [0.1, 0.15) is 11.2 Å². The number of pyridine rings is 2. The molecule has 39 heavy (non-hydrogen) atoms. The highest BCUT2D eigenvalue weighted by molar-refractivity contribution is 6.04. The van der Waals surface area contributed by atoms with Crippen molar-refractivity contribution in [2.45, 2.75) is 19.3 Å². The Balaban J connectivity index is 1.22. The smallest absolute Gasteiger partial charge is 0.255 e. The maximum Gasteiger partial charge on any atom is 0.255 e. The van der Waals surface area contributed by atoms with Gasteiger partial charge in [0.15, 0.2) is 5.82 Å². The average molecular weight is 515 g/mol. The molecule has 6 aromatic rings. The van der Waals surface area contributed by atoms with Crippen molar-refractivity contribution in [3.63, 3.8) is 0 Å². The van der Waals surface area contributed by atoms with Gasteiger partial charge in [-0.15, -0.1) is 0 Å². The maximum absolute atomic E-state index is 12.6. The summed E-state index contributed by atoms with van der Waals surface area (Å²) >= 11 is 0. The molecule has 3 N–H and O–H groups in total. The predicted molar refractivity (Wildman–Crippen MR) is 153 cm³/mol. The van der Waals surface area contributed by atoms with Crippen LogP contribution in [0, 0.1) is 0 Å². The molecule has 2 aromatic carbocycles. The highest BCUT2D eigenvalue weighted by atomic mass is 16.1. The van der Waals surface area contributed by atoms with Gasteiger partial charge in [0.2, 0.25) is 0 Å². The fourth-order valence-electron chi connectivity index (χ4n) is 5.23. The van der Waals surface area contributed by atoms with Crippen LogP contribution < -0.4 is 10.2 Å². The second-order valence-electron chi connectivity index (χ2n) is 9.80. The average Bonchev–Trinajstić information content (AvgIpc) is 3.62. The van der Waals surface area contributed by atoms with E-state index in [2.05, 4.69) is 41.4 Å². The quantitative estimate of drug-likeness (QED) is 0.268. The number of nitrogens with zero attached hydrogens (tertiary/aromatic N) is 5. The highest BCUT2D eigenvalue weighted by Crippen LogP contribution is 2.33. The van der Waals surface area contributed by atoms with Crippen molar-refractivity contribution in [3.8, 4) is 22.6 Å². The number of nitrogens with one attached hydrogen (secondary N) is 3. The van der Waals surface area contributed by atoms with Crippen LogP contribution >= 0.6 is 0 Å². The van der Waals surface area contributed by atoms with Crippen molar-refractivity contribution in [1.82, 2.24) is 30.1 Å². The van der Waals surface area contributed by atoms with E-state index in [1.807, 2.05) is 48.8 Å². The van der Waals surface area contributed by atoms with Crippen LogP contribution in [0.2, 0.25) is 0 Å². The van der Waals surface area contributed by atoms with E-state index >= 15 is 0 Å². The third kappa shape index (κ3) is 4.37. The van der Waals surface area contributed by atoms with E-state index in [1.54, 1.807) is 24.5 Å². The molecule has 1 aliphatic heterocycles. The number of aromatic nitrogens is 6. The lowest BCUT2D eigenvalue weighted by Gasteiger charge is -2.28. The number of piperidine rings is 1. The van der Waals surface area contributed by atoms with E-state index in [1.165, 1.54) is 19.3 Å². The Bertz CT molecular complexity index is 1800. The first-order chi connectivity index (χ1) is 19.2. The van der Waals surface area contributed by atoms with E-state index in [9.17, 15) is 4.79 Å². The van der Waals surface area contributed by atoms with Crippen LogP contribution in [0.1, 0.15) is 29.6 Å². The molecule has 1 fully saturated rings. The van der Waals surface area contributed by atoms with Crippen LogP contribution in [0.3, 0.4) is 0 Å². The molecule has 0 radical (unpaired) electrons. The van der Waals surface area contributed by atoms with Crippen molar-refractivity contribution in [3.05, 3.63) is 84.9 Å². The molecule has 0 unspecified atom stereocenters. The van der Waals surface area contributed by atoms with Crippen molar-refractivity contribution < 1.29 is 4.79 Å². The number of imidazole rings is 1. The number of fused-ring (bicyclic) bond motifs is 2. The Morgan fingerprint density at radius 1 is 0.846 bits per heavy atom. The van der Waals surface area contributed by atoms with Gasteiger partial charge in [-0.2, -0.15) is 5.10 Å². The van der Waals surface area contributed by atoms with E-state index in [-0.39, 0.29) is 5.91 Å². The van der Waals surface area contributed by atoms with Gasteiger partial charge in [0, 0.05) is 35.8 Å². The van der Waals surface area contributed by atoms with E-state index in [0.29, 0.717) is 17.1 Å². The molecule has 4 aromatic heterocycles. The summed E-state index contributed by atoms with van der Waals surface area (Å²) in [5, 5.41) is 11.6. The Kier molecular flexibility index (Phi) is 5.73. The topological polar surface area (TPSA) is 115 Å². The monoisotopic (exact) mass is 514 g/mol. The summed E-state index contributed by atoms with van der Waals surface area (Å²) in [6.07, 6.45) is 10.8. The summed E-state index contributed by atoms with van der Waals surface area (Å²) < 4.78 is 0. The van der Waals surface area contributed by atoms with Crippen molar-refractivity contribution in [2.75, 3.05) is 23.3 Å². The van der Waals surface area contributed by atoms with Crippen LogP contribution in [0.25, 0.3) is 44.6 Å². The van der Waals surface area contributed by atoms with Crippen LogP contribution in [-0.2, 0) is 0 Å². The Labute approximate surface area is 224 Å². The molecule has 1 saturated heterocycles. The number of hydrogen-bond donors (Lipinski definition) is 3. The van der Waals surface area contributed by atoms with E-state index in [0.717, 1.165) is 57.5 Å². The number of benzene rings is 2. The van der Waals surface area contributed by atoms with Gasteiger partial charge < -0.3 is 15.2 Å². The van der Waals surface area contributed by atoms with Gasteiger partial charge >= 0.3 is 0 Å². The molecule has 5 heterocycles. The first-order valence-electron chi connectivity index (χ1n) is 13.1. The first kappa shape index (κ1) is 23.1. The summed E-state index contributed by atoms with van der Waals surface area (Å²) in [6.45, 7) is 2.05. The minimum atomic E-state index is -0.176. The molecule has 192 valence electrons. The normalized spacial score (nSPS) is 13.7. The van der Waals surface area contributed by atoms with Crippen molar-refractivity contribution >= 4 is 39.2 Å². The zero-order valence-corrected chi connectivity index (χ0v) is 21.2. The van der Waals surface area contributed by atoms with Gasteiger partial charge in [-0.25, -0.2) is 4.98 Å². The molecule has 0 saturated carbocycles. The Hall–Kier alpha value is -5.05. The zero-order chi connectivity index (χ0) is 26.2. The SMILES string of the molecule is O=C(Nc1cncc(-c2ccc3[nH]nc(-c4nc5c(N6CCCCC6)cncc5[nH]4)c3c2)c1)c1ccccc1. The third-order valence-corrected chi connectivity index (χ3v) is 7.22. The molecule has 0 bridgehead atoms. The summed E-state index contributed by atoms with van der Waals surface area (Å²) in [4.78, 5) is 32.3. The van der Waals surface area contributed by atoms with Crippen LogP contribution in [0.5, 0.6) is 0 Å². The van der Waals surface area contributed by atoms with Gasteiger partial charge in [0.25, 0.3) is 5.91 Å². The largest absolute Gasteiger partial charge is 0.368 e. The van der Waals surface area contributed by atoms with Gasteiger partial charge in [-0.05, 0) is 55.2 Å². The lowest BCUT2D eigenvalue weighted by Crippen LogP contribution is -2.29. The molecular weight excluding hydrogens is 488 g/mol. The van der Waals surface area contributed by atoms with Crippen LogP contribution in [0.15, 0.2) is 79.4 Å². The summed E-state index contributed by atoms with van der Waals surface area (Å²) in [6, 6.07) is 17.1. The van der Waals surface area contributed by atoms with Crippen molar-refractivity contribution in [1.29, 1.82) is 0 Å². The summed E-state index contributed by atoms with van der Waals surface area (Å²) in [7, 11) is 0. The fourth-order valence-corrected chi connectivity index (χ4v) is 5.23.